The van der Waals surface area contributed by atoms with Crippen molar-refractivity contribution in [1.82, 2.24) is 0 Å². The molecule has 1 aromatic heterocycles. The van der Waals surface area contributed by atoms with Gasteiger partial charge in [-0.3, -0.25) is 0 Å². The molecule has 0 atom stereocenters. The SMILES string of the molecule is Oc1cccc2c1oc1cc(F)ccc12. The van der Waals surface area contributed by atoms with Gasteiger partial charge in [0.2, 0.25) is 0 Å². The van der Waals surface area contributed by atoms with E-state index >= 15 is 0 Å². The molecule has 3 aromatic rings. The van der Waals surface area contributed by atoms with E-state index in [2.05, 4.69) is 0 Å². The topological polar surface area (TPSA) is 33.4 Å². The summed E-state index contributed by atoms with van der Waals surface area (Å²) in [5, 5.41) is 11.2. The number of benzene rings is 2. The summed E-state index contributed by atoms with van der Waals surface area (Å²) in [6, 6.07) is 9.45. The molecule has 0 saturated carbocycles. The first-order valence-electron chi connectivity index (χ1n) is 4.55. The first-order valence-corrected chi connectivity index (χ1v) is 4.55. The quantitative estimate of drug-likeness (QED) is 0.605. The van der Waals surface area contributed by atoms with Crippen molar-refractivity contribution in [1.29, 1.82) is 0 Å². The third-order valence-corrected chi connectivity index (χ3v) is 2.44. The second-order valence-electron chi connectivity index (χ2n) is 3.40. The fraction of sp³-hybridized carbons (Fsp3) is 0. The number of phenolic OH excluding ortho intramolecular Hbond substituents is 1. The number of fused-ring (bicyclic) bond motifs is 3. The van der Waals surface area contributed by atoms with E-state index in [0.717, 1.165) is 10.8 Å². The Hall–Kier alpha value is -2.03. The Bertz CT molecular complexity index is 655. The average molecular weight is 202 g/mol. The molecule has 0 aliphatic heterocycles. The van der Waals surface area contributed by atoms with E-state index in [1.807, 2.05) is 6.07 Å². The van der Waals surface area contributed by atoms with Crippen molar-refractivity contribution in [2.24, 2.45) is 0 Å². The van der Waals surface area contributed by atoms with Gasteiger partial charge in [0.05, 0.1) is 0 Å². The summed E-state index contributed by atoms with van der Waals surface area (Å²) in [7, 11) is 0. The molecule has 0 spiro atoms. The van der Waals surface area contributed by atoms with Gasteiger partial charge in [0, 0.05) is 16.8 Å². The third kappa shape index (κ3) is 1.09. The first kappa shape index (κ1) is 8.29. The number of furan rings is 1. The van der Waals surface area contributed by atoms with Crippen LogP contribution in [-0.4, -0.2) is 5.11 Å². The minimum Gasteiger partial charge on any atom is -0.504 e. The van der Waals surface area contributed by atoms with Crippen molar-refractivity contribution in [2.75, 3.05) is 0 Å². The second-order valence-corrected chi connectivity index (χ2v) is 3.40. The summed E-state index contributed by atoms with van der Waals surface area (Å²) in [4.78, 5) is 0. The van der Waals surface area contributed by atoms with Crippen molar-refractivity contribution in [2.45, 2.75) is 0 Å². The summed E-state index contributed by atoms with van der Waals surface area (Å²) in [6.07, 6.45) is 0. The highest BCUT2D eigenvalue weighted by molar-refractivity contribution is 6.06. The number of halogens is 1. The molecule has 1 heterocycles. The van der Waals surface area contributed by atoms with Gasteiger partial charge in [0.1, 0.15) is 11.4 Å². The van der Waals surface area contributed by atoms with Crippen LogP contribution in [0.4, 0.5) is 4.39 Å². The average Bonchev–Trinajstić information content (AvgIpc) is 2.57. The lowest BCUT2D eigenvalue weighted by Crippen LogP contribution is -1.70. The maximum atomic E-state index is 12.9. The van der Waals surface area contributed by atoms with E-state index in [1.165, 1.54) is 12.1 Å². The predicted molar refractivity (Wildman–Crippen MR) is 55.3 cm³/mol. The van der Waals surface area contributed by atoms with Crippen molar-refractivity contribution in [3.8, 4) is 5.75 Å². The molecular formula is C12H7FO2. The van der Waals surface area contributed by atoms with E-state index < -0.39 is 0 Å². The van der Waals surface area contributed by atoms with Crippen LogP contribution < -0.4 is 0 Å². The molecule has 0 aliphatic carbocycles. The van der Waals surface area contributed by atoms with E-state index in [4.69, 9.17) is 4.42 Å². The van der Waals surface area contributed by atoms with Crippen LogP contribution in [0.15, 0.2) is 40.8 Å². The van der Waals surface area contributed by atoms with Crippen molar-refractivity contribution in [3.05, 3.63) is 42.2 Å². The summed E-state index contributed by atoms with van der Waals surface area (Å²) >= 11 is 0. The molecule has 0 fully saturated rings. The number of hydrogen-bond acceptors (Lipinski definition) is 2. The molecule has 0 radical (unpaired) electrons. The fourth-order valence-electron chi connectivity index (χ4n) is 1.76. The number of hydrogen-bond donors (Lipinski definition) is 1. The van der Waals surface area contributed by atoms with Crippen LogP contribution >= 0.6 is 0 Å². The van der Waals surface area contributed by atoms with Gasteiger partial charge in [-0.2, -0.15) is 0 Å². The summed E-state index contributed by atoms with van der Waals surface area (Å²) in [5.41, 5.74) is 0.851. The molecule has 0 bridgehead atoms. The summed E-state index contributed by atoms with van der Waals surface area (Å²) in [6.45, 7) is 0. The van der Waals surface area contributed by atoms with Gasteiger partial charge >= 0.3 is 0 Å². The molecule has 0 unspecified atom stereocenters. The monoisotopic (exact) mass is 202 g/mol. The van der Waals surface area contributed by atoms with Crippen LogP contribution in [0.1, 0.15) is 0 Å². The van der Waals surface area contributed by atoms with Crippen molar-refractivity contribution in [3.63, 3.8) is 0 Å². The maximum absolute atomic E-state index is 12.9. The minimum atomic E-state index is -0.346. The maximum Gasteiger partial charge on any atom is 0.177 e. The largest absolute Gasteiger partial charge is 0.504 e. The van der Waals surface area contributed by atoms with Crippen LogP contribution in [-0.2, 0) is 0 Å². The molecule has 0 amide bonds. The lowest BCUT2D eigenvalue weighted by atomic mass is 10.1. The molecule has 2 nitrogen and oxygen atoms in total. The lowest BCUT2D eigenvalue weighted by Gasteiger charge is -1.90. The Balaban J connectivity index is 2.57. The number of rotatable bonds is 0. The number of aromatic hydroxyl groups is 1. The molecule has 1 N–H and O–H groups in total. The first-order chi connectivity index (χ1) is 7.25. The predicted octanol–water partition coefficient (Wildman–Crippen LogP) is 3.43. The summed E-state index contributed by atoms with van der Waals surface area (Å²) < 4.78 is 18.3. The zero-order valence-electron chi connectivity index (χ0n) is 7.70. The van der Waals surface area contributed by atoms with Crippen LogP contribution in [0.5, 0.6) is 5.75 Å². The van der Waals surface area contributed by atoms with Gasteiger partial charge < -0.3 is 9.52 Å². The molecule has 2 aromatic carbocycles. The van der Waals surface area contributed by atoms with E-state index in [-0.39, 0.29) is 11.6 Å². The van der Waals surface area contributed by atoms with E-state index in [1.54, 1.807) is 18.2 Å². The van der Waals surface area contributed by atoms with Gasteiger partial charge in [-0.15, -0.1) is 0 Å². The van der Waals surface area contributed by atoms with E-state index in [0.29, 0.717) is 11.2 Å². The highest BCUT2D eigenvalue weighted by Crippen LogP contribution is 2.33. The summed E-state index contributed by atoms with van der Waals surface area (Å²) in [5.74, 6) is -0.273. The van der Waals surface area contributed by atoms with Crippen molar-refractivity contribution < 1.29 is 13.9 Å². The van der Waals surface area contributed by atoms with Gasteiger partial charge in [-0.1, -0.05) is 12.1 Å². The number of phenols is 1. The molecule has 3 rings (SSSR count). The van der Waals surface area contributed by atoms with Gasteiger partial charge in [0.15, 0.2) is 11.3 Å². The molecule has 3 heteroatoms. The standard InChI is InChI=1S/C12H7FO2/c13-7-4-5-8-9-2-1-3-10(14)12(9)15-11(8)6-7/h1-6,14H. The normalized spacial score (nSPS) is 11.3. The minimum absolute atomic E-state index is 0.0732. The molecule has 74 valence electrons. The Labute approximate surface area is 84.5 Å². The molecule has 15 heavy (non-hydrogen) atoms. The number of para-hydroxylation sites is 1. The van der Waals surface area contributed by atoms with Gasteiger partial charge in [0.25, 0.3) is 0 Å². The second kappa shape index (κ2) is 2.73. The Kier molecular flexibility index (Phi) is 1.51. The van der Waals surface area contributed by atoms with Gasteiger partial charge in [-0.25, -0.2) is 4.39 Å². The van der Waals surface area contributed by atoms with Crippen LogP contribution in [0.25, 0.3) is 21.9 Å². The fourth-order valence-corrected chi connectivity index (χ4v) is 1.76. The van der Waals surface area contributed by atoms with Gasteiger partial charge in [-0.05, 0) is 18.2 Å². The highest BCUT2D eigenvalue weighted by atomic mass is 19.1. The van der Waals surface area contributed by atoms with Crippen LogP contribution in [0, 0.1) is 5.82 Å². The molecule has 0 aliphatic rings. The zero-order valence-corrected chi connectivity index (χ0v) is 7.70. The Morgan fingerprint density at radius 1 is 1.07 bits per heavy atom. The van der Waals surface area contributed by atoms with Crippen molar-refractivity contribution >= 4 is 21.9 Å². The van der Waals surface area contributed by atoms with Crippen LogP contribution in [0.3, 0.4) is 0 Å². The van der Waals surface area contributed by atoms with Crippen LogP contribution in [0.2, 0.25) is 0 Å². The molecule has 0 saturated heterocycles. The smallest absolute Gasteiger partial charge is 0.177 e. The zero-order chi connectivity index (χ0) is 10.4. The Morgan fingerprint density at radius 3 is 2.80 bits per heavy atom. The molecular weight excluding hydrogens is 195 g/mol. The lowest BCUT2D eigenvalue weighted by molar-refractivity contribution is 0.468. The Morgan fingerprint density at radius 2 is 1.93 bits per heavy atom. The highest BCUT2D eigenvalue weighted by Gasteiger charge is 2.09. The third-order valence-electron chi connectivity index (χ3n) is 2.44. The van der Waals surface area contributed by atoms with E-state index in [9.17, 15) is 9.50 Å².